The fourth-order valence-electron chi connectivity index (χ4n) is 4.90. The molecule has 1 amide bonds. The van der Waals surface area contributed by atoms with Crippen LogP contribution in [-0.4, -0.2) is 44.5 Å². The zero-order chi connectivity index (χ0) is 27.3. The van der Waals surface area contributed by atoms with Gasteiger partial charge in [0.1, 0.15) is 17.3 Å². The summed E-state index contributed by atoms with van der Waals surface area (Å²) in [6.07, 6.45) is 3.20. The zero-order valence-corrected chi connectivity index (χ0v) is 21.5. The van der Waals surface area contributed by atoms with E-state index in [1.165, 1.54) is 0 Å². The number of amides is 1. The first-order valence-corrected chi connectivity index (χ1v) is 12.8. The molecule has 4 aromatic rings. The average Bonchev–Trinajstić information content (AvgIpc) is 3.68. The van der Waals surface area contributed by atoms with Crippen LogP contribution in [0.2, 0.25) is 0 Å². The van der Waals surface area contributed by atoms with E-state index in [1.807, 2.05) is 48.5 Å². The van der Waals surface area contributed by atoms with E-state index in [2.05, 4.69) is 10.3 Å². The Bertz CT molecular complexity index is 1660. The molecule has 1 saturated heterocycles. The molecule has 198 valence electrons. The Morgan fingerprint density at radius 2 is 1.79 bits per heavy atom. The van der Waals surface area contributed by atoms with E-state index in [4.69, 9.17) is 9.47 Å². The summed E-state index contributed by atoms with van der Waals surface area (Å²) in [5, 5.41) is 12.9. The number of fused-ring (bicyclic) bond motifs is 1. The van der Waals surface area contributed by atoms with E-state index in [1.54, 1.807) is 42.9 Å². The van der Waals surface area contributed by atoms with Crippen LogP contribution in [0.15, 0.2) is 77.9 Å². The molecule has 2 atom stereocenters. The Kier molecular flexibility index (Phi) is 6.05. The first-order chi connectivity index (χ1) is 18.7. The van der Waals surface area contributed by atoms with E-state index in [-0.39, 0.29) is 22.9 Å². The number of aliphatic carboxylic acids is 1. The molecule has 3 heterocycles. The van der Waals surface area contributed by atoms with Crippen molar-refractivity contribution in [3.63, 3.8) is 0 Å². The summed E-state index contributed by atoms with van der Waals surface area (Å²) >= 11 is 0. The molecule has 0 radical (unpaired) electrons. The molecule has 0 bridgehead atoms. The molecule has 6 rings (SSSR count). The summed E-state index contributed by atoms with van der Waals surface area (Å²) < 4.78 is 13.2. The number of benzene rings is 2. The van der Waals surface area contributed by atoms with Gasteiger partial charge in [-0.3, -0.25) is 9.59 Å². The van der Waals surface area contributed by atoms with Crippen molar-refractivity contribution in [1.29, 1.82) is 0 Å². The molecule has 2 aromatic carbocycles. The topological polar surface area (TPSA) is 120 Å². The van der Waals surface area contributed by atoms with E-state index >= 15 is 0 Å². The van der Waals surface area contributed by atoms with E-state index in [0.717, 1.165) is 29.7 Å². The minimum absolute atomic E-state index is 0.0758. The second kappa shape index (κ2) is 9.44. The highest BCUT2D eigenvalue weighted by atomic mass is 16.8. The summed E-state index contributed by atoms with van der Waals surface area (Å²) in [5.41, 5.74) is 3.42. The molecule has 9 nitrogen and oxygen atoms in total. The van der Waals surface area contributed by atoms with Gasteiger partial charge in [-0.05, 0) is 67.6 Å². The van der Waals surface area contributed by atoms with Crippen LogP contribution in [0.3, 0.4) is 0 Å². The van der Waals surface area contributed by atoms with E-state index in [9.17, 15) is 19.5 Å². The lowest BCUT2D eigenvalue weighted by Gasteiger charge is -2.17. The Balaban J connectivity index is 1.36. The van der Waals surface area contributed by atoms with Gasteiger partial charge in [-0.15, -0.1) is 0 Å². The van der Waals surface area contributed by atoms with Crippen molar-refractivity contribution in [2.75, 3.05) is 0 Å². The molecule has 2 fully saturated rings. The Hall–Kier alpha value is -4.34. The Morgan fingerprint density at radius 3 is 2.51 bits per heavy atom. The summed E-state index contributed by atoms with van der Waals surface area (Å²) in [4.78, 5) is 42.2. The molecule has 1 aliphatic carbocycles. The fraction of sp³-hybridized carbons (Fsp3) is 0.267. The van der Waals surface area contributed by atoms with Crippen molar-refractivity contribution in [3.8, 4) is 16.8 Å². The number of hydrogen-bond acceptors (Lipinski definition) is 6. The Labute approximate surface area is 224 Å². The van der Waals surface area contributed by atoms with Gasteiger partial charge >= 0.3 is 5.97 Å². The minimum atomic E-state index is -1.10. The number of aromatic nitrogens is 2. The van der Waals surface area contributed by atoms with Gasteiger partial charge in [-0.1, -0.05) is 36.4 Å². The maximum Gasteiger partial charge on any atom is 0.336 e. The predicted octanol–water partition coefficient (Wildman–Crippen LogP) is 4.22. The number of nitrogens with zero attached hydrogens (tertiary/aromatic N) is 2. The standard InChI is InChI=1S/C30H27N3O6/c1-30(2)38-25(26(39-30)29(36)37)18-10-8-17(9-11-18)19-5-3-6-21(15-19)33-16-23(28(35)32-20-12-13-20)24(34)22-7-4-14-31-27(22)33/h3-11,14-16,20,25-26H,12-13H2,1-2H3,(H,32,35)(H,36,37). The van der Waals surface area contributed by atoms with Crippen LogP contribution < -0.4 is 10.7 Å². The van der Waals surface area contributed by atoms with Crippen LogP contribution in [0.1, 0.15) is 48.7 Å². The number of rotatable bonds is 6. The van der Waals surface area contributed by atoms with Gasteiger partial charge in [-0.2, -0.15) is 0 Å². The molecular weight excluding hydrogens is 498 g/mol. The first-order valence-electron chi connectivity index (χ1n) is 12.8. The molecule has 2 aromatic heterocycles. The van der Waals surface area contributed by atoms with Gasteiger partial charge in [-0.25, -0.2) is 9.78 Å². The smallest absolute Gasteiger partial charge is 0.336 e. The van der Waals surface area contributed by atoms with Gasteiger partial charge < -0.3 is 24.5 Å². The van der Waals surface area contributed by atoms with Crippen molar-refractivity contribution in [3.05, 3.63) is 94.4 Å². The molecular formula is C30H27N3O6. The summed E-state index contributed by atoms with van der Waals surface area (Å²) in [6, 6.07) is 18.7. The largest absolute Gasteiger partial charge is 0.479 e. The zero-order valence-electron chi connectivity index (χ0n) is 21.5. The second-order valence-electron chi connectivity index (χ2n) is 10.4. The molecule has 2 unspecified atom stereocenters. The van der Waals surface area contributed by atoms with Crippen LogP contribution in [0, 0.1) is 0 Å². The van der Waals surface area contributed by atoms with E-state index in [0.29, 0.717) is 16.6 Å². The van der Waals surface area contributed by atoms with Crippen molar-refractivity contribution >= 4 is 22.9 Å². The molecule has 2 aliphatic rings. The third-order valence-corrected chi connectivity index (χ3v) is 6.96. The van der Waals surface area contributed by atoms with E-state index < -0.39 is 24.0 Å². The van der Waals surface area contributed by atoms with Crippen LogP contribution in [-0.2, 0) is 14.3 Å². The average molecular weight is 526 g/mol. The number of ether oxygens (including phenoxy) is 2. The number of carboxylic acids is 1. The highest BCUT2D eigenvalue weighted by molar-refractivity contribution is 5.97. The van der Waals surface area contributed by atoms with Crippen LogP contribution in [0.4, 0.5) is 0 Å². The molecule has 9 heteroatoms. The minimum Gasteiger partial charge on any atom is -0.479 e. The second-order valence-corrected chi connectivity index (χ2v) is 10.4. The number of carbonyl (C=O) groups is 2. The summed E-state index contributed by atoms with van der Waals surface area (Å²) in [7, 11) is 0. The van der Waals surface area contributed by atoms with Gasteiger partial charge in [0.2, 0.25) is 5.43 Å². The lowest BCUT2D eigenvalue weighted by molar-refractivity contribution is -0.165. The SMILES string of the molecule is CC1(C)OC(C(=O)O)C(c2ccc(-c3cccc(-n4cc(C(=O)NC5CC5)c(=O)c5cccnc54)c3)cc2)O1. The third kappa shape index (κ3) is 4.82. The van der Waals surface area contributed by atoms with Crippen molar-refractivity contribution in [2.45, 2.75) is 50.7 Å². The van der Waals surface area contributed by atoms with Gasteiger partial charge in [0.15, 0.2) is 11.9 Å². The van der Waals surface area contributed by atoms with Crippen molar-refractivity contribution in [1.82, 2.24) is 14.9 Å². The Morgan fingerprint density at radius 1 is 1.03 bits per heavy atom. The molecule has 1 saturated carbocycles. The normalized spacial score (nSPS) is 20.2. The van der Waals surface area contributed by atoms with Crippen LogP contribution >= 0.6 is 0 Å². The molecule has 0 spiro atoms. The first kappa shape index (κ1) is 25.0. The predicted molar refractivity (Wildman–Crippen MR) is 144 cm³/mol. The van der Waals surface area contributed by atoms with Gasteiger partial charge in [0, 0.05) is 24.1 Å². The number of nitrogens with one attached hydrogen (secondary N) is 1. The fourth-order valence-corrected chi connectivity index (χ4v) is 4.90. The quantitative estimate of drug-likeness (QED) is 0.387. The van der Waals surface area contributed by atoms with Gasteiger partial charge in [0.05, 0.1) is 5.39 Å². The lowest BCUT2D eigenvalue weighted by atomic mass is 9.99. The summed E-state index contributed by atoms with van der Waals surface area (Å²) in [6.45, 7) is 3.39. The van der Waals surface area contributed by atoms with Crippen LogP contribution in [0.25, 0.3) is 27.8 Å². The number of hydrogen-bond donors (Lipinski definition) is 2. The maximum absolute atomic E-state index is 13.1. The highest BCUT2D eigenvalue weighted by Gasteiger charge is 2.46. The maximum atomic E-state index is 13.1. The monoisotopic (exact) mass is 525 g/mol. The van der Waals surface area contributed by atoms with Crippen molar-refractivity contribution < 1.29 is 24.2 Å². The summed E-state index contributed by atoms with van der Waals surface area (Å²) in [5.74, 6) is -2.45. The molecule has 39 heavy (non-hydrogen) atoms. The third-order valence-electron chi connectivity index (χ3n) is 6.96. The molecule has 2 N–H and O–H groups in total. The molecule has 1 aliphatic heterocycles. The van der Waals surface area contributed by atoms with Crippen LogP contribution in [0.5, 0.6) is 0 Å². The number of carboxylic acid groups (broad SMARTS) is 1. The lowest BCUT2D eigenvalue weighted by Crippen LogP contribution is -2.31. The highest BCUT2D eigenvalue weighted by Crippen LogP contribution is 2.39. The van der Waals surface area contributed by atoms with Gasteiger partial charge in [0.25, 0.3) is 5.91 Å². The number of pyridine rings is 2. The van der Waals surface area contributed by atoms with Crippen molar-refractivity contribution in [2.24, 2.45) is 0 Å². The number of carbonyl (C=O) groups excluding carboxylic acids is 1.